The van der Waals surface area contributed by atoms with Crippen molar-refractivity contribution in [3.05, 3.63) is 69.2 Å². The molecule has 170 valence electrons. The van der Waals surface area contributed by atoms with Crippen molar-refractivity contribution in [2.24, 2.45) is 7.05 Å². The molecule has 0 amide bonds. The van der Waals surface area contributed by atoms with Gasteiger partial charge in [-0.1, -0.05) is 37.6 Å². The van der Waals surface area contributed by atoms with Crippen molar-refractivity contribution in [1.82, 2.24) is 14.5 Å². The van der Waals surface area contributed by atoms with Crippen LogP contribution in [0.4, 0.5) is 0 Å². The van der Waals surface area contributed by atoms with E-state index in [1.165, 1.54) is 10.6 Å². The number of hydrogen-bond acceptors (Lipinski definition) is 6. The Labute approximate surface area is 193 Å². The first kappa shape index (κ1) is 23.9. The standard InChI is InChI=1S/C23H26ClN3O4S/c1-5-18(6-2)32(29,30)14-17-12-20(16-10-11-21(28)27(4)13-16)26-23(25-17)31-22-15(3)8-7-9-19(22)24/h7-13,18H,5-6,14H2,1-4H3. The van der Waals surface area contributed by atoms with Crippen molar-refractivity contribution in [3.63, 3.8) is 0 Å². The minimum absolute atomic E-state index is 0.0118. The smallest absolute Gasteiger partial charge is 0.322 e. The molecule has 3 aromatic rings. The number of pyridine rings is 1. The molecule has 0 radical (unpaired) electrons. The van der Waals surface area contributed by atoms with Gasteiger partial charge in [0.05, 0.1) is 27.4 Å². The van der Waals surface area contributed by atoms with Crippen molar-refractivity contribution in [1.29, 1.82) is 0 Å². The van der Waals surface area contributed by atoms with Gasteiger partial charge >= 0.3 is 6.01 Å². The maximum Gasteiger partial charge on any atom is 0.322 e. The van der Waals surface area contributed by atoms with Crippen LogP contribution in [0.1, 0.15) is 37.9 Å². The number of aryl methyl sites for hydroxylation is 2. The summed E-state index contributed by atoms with van der Waals surface area (Å²) in [6.07, 6.45) is 2.69. The summed E-state index contributed by atoms with van der Waals surface area (Å²) in [6.45, 7) is 5.56. The maximum absolute atomic E-state index is 12.9. The Bertz CT molecular complexity index is 1260. The van der Waals surface area contributed by atoms with Crippen LogP contribution in [-0.4, -0.2) is 28.2 Å². The van der Waals surface area contributed by atoms with E-state index in [-0.39, 0.29) is 17.3 Å². The van der Waals surface area contributed by atoms with Crippen LogP contribution < -0.4 is 10.3 Å². The molecule has 0 aliphatic carbocycles. The molecule has 7 nitrogen and oxygen atoms in total. The van der Waals surface area contributed by atoms with Gasteiger partial charge in [0.15, 0.2) is 15.6 Å². The summed E-state index contributed by atoms with van der Waals surface area (Å²) in [4.78, 5) is 20.6. The van der Waals surface area contributed by atoms with Crippen LogP contribution >= 0.6 is 11.6 Å². The van der Waals surface area contributed by atoms with Crippen LogP contribution in [0.25, 0.3) is 11.3 Å². The van der Waals surface area contributed by atoms with E-state index in [2.05, 4.69) is 9.97 Å². The molecule has 32 heavy (non-hydrogen) atoms. The van der Waals surface area contributed by atoms with Gasteiger partial charge in [-0.25, -0.2) is 8.42 Å². The van der Waals surface area contributed by atoms with Crippen molar-refractivity contribution >= 4 is 21.4 Å². The third kappa shape index (κ3) is 5.37. The Kier molecular flexibility index (Phi) is 7.36. The van der Waals surface area contributed by atoms with Gasteiger partial charge in [0, 0.05) is 24.9 Å². The molecule has 2 heterocycles. The van der Waals surface area contributed by atoms with Gasteiger partial charge in [0.2, 0.25) is 5.56 Å². The minimum Gasteiger partial charge on any atom is -0.422 e. The monoisotopic (exact) mass is 475 g/mol. The first-order valence-corrected chi connectivity index (χ1v) is 12.4. The van der Waals surface area contributed by atoms with Crippen molar-refractivity contribution in [3.8, 4) is 23.0 Å². The summed E-state index contributed by atoms with van der Waals surface area (Å²) in [5.74, 6) is 0.166. The molecule has 0 unspecified atom stereocenters. The molecule has 0 fully saturated rings. The number of nitrogens with zero attached hydrogens (tertiary/aromatic N) is 3. The zero-order chi connectivity index (χ0) is 23.5. The van der Waals surface area contributed by atoms with Crippen LogP contribution in [0, 0.1) is 6.92 Å². The van der Waals surface area contributed by atoms with Crippen LogP contribution in [-0.2, 0) is 22.6 Å². The highest BCUT2D eigenvalue weighted by atomic mass is 35.5. The molecule has 2 aromatic heterocycles. The predicted molar refractivity (Wildman–Crippen MR) is 126 cm³/mol. The Balaban J connectivity index is 2.11. The number of ether oxygens (including phenoxy) is 1. The summed E-state index contributed by atoms with van der Waals surface area (Å²) < 4.78 is 33.2. The molecule has 0 saturated carbocycles. The number of aromatic nitrogens is 3. The fraction of sp³-hybridized carbons (Fsp3) is 0.348. The van der Waals surface area contributed by atoms with Crippen LogP contribution in [0.5, 0.6) is 11.8 Å². The van der Waals surface area contributed by atoms with Gasteiger partial charge in [0.1, 0.15) is 0 Å². The number of halogens is 1. The van der Waals surface area contributed by atoms with E-state index in [4.69, 9.17) is 16.3 Å². The summed E-state index contributed by atoms with van der Waals surface area (Å²) >= 11 is 6.29. The van der Waals surface area contributed by atoms with Gasteiger partial charge in [-0.05, 0) is 43.5 Å². The first-order chi connectivity index (χ1) is 15.1. The second-order valence-corrected chi connectivity index (χ2v) is 10.3. The second-order valence-electron chi connectivity index (χ2n) is 7.63. The molecule has 0 saturated heterocycles. The van der Waals surface area contributed by atoms with E-state index in [0.717, 1.165) is 5.56 Å². The molecule has 0 bridgehead atoms. The quantitative estimate of drug-likeness (QED) is 0.469. The van der Waals surface area contributed by atoms with Crippen molar-refractivity contribution in [2.45, 2.75) is 44.6 Å². The lowest BCUT2D eigenvalue weighted by molar-refractivity contribution is 0.438. The lowest BCUT2D eigenvalue weighted by Crippen LogP contribution is -2.22. The maximum atomic E-state index is 12.9. The largest absolute Gasteiger partial charge is 0.422 e. The number of para-hydroxylation sites is 1. The molecule has 0 atom stereocenters. The number of benzene rings is 1. The lowest BCUT2D eigenvalue weighted by atomic mass is 10.2. The van der Waals surface area contributed by atoms with E-state index >= 15 is 0 Å². The van der Waals surface area contributed by atoms with Crippen LogP contribution in [0.2, 0.25) is 5.02 Å². The molecule has 0 aliphatic heterocycles. The summed E-state index contributed by atoms with van der Waals surface area (Å²) in [5.41, 5.74) is 2.03. The van der Waals surface area contributed by atoms with Crippen LogP contribution in [0.15, 0.2) is 47.4 Å². The second kappa shape index (κ2) is 9.83. The Morgan fingerprint density at radius 2 is 1.84 bits per heavy atom. The van der Waals surface area contributed by atoms with E-state index in [0.29, 0.717) is 40.6 Å². The number of rotatable bonds is 8. The average molecular weight is 476 g/mol. The molecule has 0 N–H and O–H groups in total. The molecular formula is C23H26ClN3O4S. The Morgan fingerprint density at radius 1 is 1.12 bits per heavy atom. The Hall–Kier alpha value is -2.71. The van der Waals surface area contributed by atoms with Gasteiger partial charge < -0.3 is 9.30 Å². The van der Waals surface area contributed by atoms with Crippen LogP contribution in [0.3, 0.4) is 0 Å². The van der Waals surface area contributed by atoms with Crippen molar-refractivity contribution in [2.75, 3.05) is 0 Å². The zero-order valence-corrected chi connectivity index (χ0v) is 20.1. The van der Waals surface area contributed by atoms with Gasteiger partial charge in [-0.15, -0.1) is 0 Å². The van der Waals surface area contributed by atoms with Gasteiger partial charge in [-0.3, -0.25) is 4.79 Å². The summed E-state index contributed by atoms with van der Waals surface area (Å²) in [6, 6.07) is 10.0. The van der Waals surface area contributed by atoms with Gasteiger partial charge in [0.25, 0.3) is 0 Å². The SMILES string of the molecule is CCC(CC)S(=O)(=O)Cc1cc(-c2ccc(=O)n(C)c2)nc(Oc2c(C)cccc2Cl)n1. The van der Waals surface area contributed by atoms with Crippen molar-refractivity contribution < 1.29 is 13.2 Å². The predicted octanol–water partition coefficient (Wildman–Crippen LogP) is 4.70. The fourth-order valence-corrected chi connectivity index (χ4v) is 5.52. The molecular weight excluding hydrogens is 450 g/mol. The lowest BCUT2D eigenvalue weighted by Gasteiger charge is -2.15. The molecule has 1 aromatic carbocycles. The highest BCUT2D eigenvalue weighted by Crippen LogP contribution is 2.32. The topological polar surface area (TPSA) is 91.2 Å². The number of sulfone groups is 1. The minimum atomic E-state index is -3.42. The fourth-order valence-electron chi connectivity index (χ4n) is 3.44. The summed E-state index contributed by atoms with van der Waals surface area (Å²) in [7, 11) is -1.79. The molecule has 0 aliphatic rings. The normalized spacial score (nSPS) is 11.7. The molecule has 9 heteroatoms. The summed E-state index contributed by atoms with van der Waals surface area (Å²) in [5, 5.41) is -0.0547. The average Bonchev–Trinajstić information content (AvgIpc) is 2.73. The van der Waals surface area contributed by atoms with E-state index in [9.17, 15) is 13.2 Å². The third-order valence-corrected chi connectivity index (χ3v) is 7.94. The number of hydrogen-bond donors (Lipinski definition) is 0. The first-order valence-electron chi connectivity index (χ1n) is 10.3. The zero-order valence-electron chi connectivity index (χ0n) is 18.5. The highest BCUT2D eigenvalue weighted by molar-refractivity contribution is 7.91. The highest BCUT2D eigenvalue weighted by Gasteiger charge is 2.24. The molecule has 3 rings (SSSR count). The van der Waals surface area contributed by atoms with E-state index in [1.807, 2.05) is 26.8 Å². The van der Waals surface area contributed by atoms with E-state index in [1.54, 1.807) is 37.5 Å². The molecule has 0 spiro atoms. The van der Waals surface area contributed by atoms with Gasteiger partial charge in [-0.2, -0.15) is 9.97 Å². The third-order valence-electron chi connectivity index (χ3n) is 5.27. The Morgan fingerprint density at radius 3 is 2.47 bits per heavy atom. The van der Waals surface area contributed by atoms with E-state index < -0.39 is 15.1 Å².